The molecule has 2 amide bonds. The average molecular weight is 374 g/mol. The first-order valence-electron chi connectivity index (χ1n) is 8.59. The third kappa shape index (κ3) is 5.87. The molecule has 1 unspecified atom stereocenters. The van der Waals surface area contributed by atoms with Gasteiger partial charge in [0, 0.05) is 51.1 Å². The zero-order valence-electron chi connectivity index (χ0n) is 15.3. The van der Waals surface area contributed by atoms with E-state index < -0.39 is 17.4 Å². The number of piperidine rings is 1. The van der Waals surface area contributed by atoms with E-state index in [9.17, 15) is 14.4 Å². The van der Waals surface area contributed by atoms with Crippen molar-refractivity contribution in [2.24, 2.45) is 0 Å². The van der Waals surface area contributed by atoms with Crippen LogP contribution in [0.4, 0.5) is 9.18 Å². The van der Waals surface area contributed by atoms with Crippen molar-refractivity contribution in [3.05, 3.63) is 0 Å². The molecule has 0 aromatic rings. The fourth-order valence-corrected chi connectivity index (χ4v) is 4.07. The van der Waals surface area contributed by atoms with E-state index in [1.807, 2.05) is 0 Å². The molecule has 2 rings (SSSR count). The summed E-state index contributed by atoms with van der Waals surface area (Å²) in [7, 11) is 0. The Morgan fingerprint density at radius 1 is 1.32 bits per heavy atom. The van der Waals surface area contributed by atoms with Crippen molar-refractivity contribution in [1.29, 1.82) is 0 Å². The van der Waals surface area contributed by atoms with Gasteiger partial charge in [0.05, 0.1) is 6.54 Å². The summed E-state index contributed by atoms with van der Waals surface area (Å²) in [6.45, 7) is 7.85. The largest absolute Gasteiger partial charge is 0.444 e. The molecule has 25 heavy (non-hydrogen) atoms. The van der Waals surface area contributed by atoms with Gasteiger partial charge in [0.25, 0.3) is 0 Å². The van der Waals surface area contributed by atoms with Gasteiger partial charge in [-0.25, -0.2) is 9.18 Å². The summed E-state index contributed by atoms with van der Waals surface area (Å²) in [5.74, 6) is -0.106. The summed E-state index contributed by atoms with van der Waals surface area (Å²) in [5, 5.41) is -0.115. The standard InChI is InChI=1S/C17H27FN2O4S/c1-12(21)25-13-9-14(22)20(10-13)11-17(18)5-7-19(8-6-17)15(23)24-16(2,3)4/h13H,5-11H2,1-4H3. The predicted octanol–water partition coefficient (Wildman–Crippen LogP) is 2.61. The zero-order valence-corrected chi connectivity index (χ0v) is 16.2. The fourth-order valence-electron chi connectivity index (χ4n) is 3.12. The molecule has 0 aliphatic carbocycles. The number of thioether (sulfide) groups is 1. The van der Waals surface area contributed by atoms with Gasteiger partial charge < -0.3 is 14.5 Å². The number of carbonyl (C=O) groups is 3. The highest BCUT2D eigenvalue weighted by Gasteiger charge is 2.42. The smallest absolute Gasteiger partial charge is 0.410 e. The lowest BCUT2D eigenvalue weighted by atomic mass is 9.93. The molecule has 2 saturated heterocycles. The summed E-state index contributed by atoms with van der Waals surface area (Å²) in [5.41, 5.74) is -2.07. The minimum Gasteiger partial charge on any atom is -0.444 e. The van der Waals surface area contributed by atoms with E-state index in [0.29, 0.717) is 6.54 Å². The van der Waals surface area contributed by atoms with E-state index >= 15 is 4.39 Å². The number of likely N-dealkylation sites (tertiary alicyclic amines) is 2. The Hall–Kier alpha value is -1.31. The second kappa shape index (κ2) is 7.51. The molecule has 0 spiro atoms. The van der Waals surface area contributed by atoms with Crippen molar-refractivity contribution in [1.82, 2.24) is 9.80 Å². The van der Waals surface area contributed by atoms with Crippen molar-refractivity contribution in [2.45, 2.75) is 63.5 Å². The van der Waals surface area contributed by atoms with Crippen molar-refractivity contribution >= 4 is 28.9 Å². The normalized spacial score (nSPS) is 23.7. The van der Waals surface area contributed by atoms with E-state index in [4.69, 9.17) is 4.74 Å². The molecule has 2 heterocycles. The number of alkyl halides is 1. The van der Waals surface area contributed by atoms with Crippen molar-refractivity contribution < 1.29 is 23.5 Å². The highest BCUT2D eigenvalue weighted by molar-refractivity contribution is 8.14. The predicted molar refractivity (Wildman–Crippen MR) is 94.1 cm³/mol. The summed E-state index contributed by atoms with van der Waals surface area (Å²) in [6.07, 6.45) is 0.218. The molecule has 2 aliphatic rings. The van der Waals surface area contributed by atoms with Gasteiger partial charge in [-0.2, -0.15) is 0 Å². The minimum atomic E-state index is -1.50. The van der Waals surface area contributed by atoms with Crippen LogP contribution in [0.15, 0.2) is 0 Å². The monoisotopic (exact) mass is 374 g/mol. The number of halogens is 1. The second-order valence-electron chi connectivity index (χ2n) is 7.83. The second-order valence-corrected chi connectivity index (χ2v) is 9.31. The lowest BCUT2D eigenvalue weighted by Gasteiger charge is -2.38. The van der Waals surface area contributed by atoms with E-state index in [1.54, 1.807) is 20.8 Å². The van der Waals surface area contributed by atoms with Crippen molar-refractivity contribution in [3.63, 3.8) is 0 Å². The molecule has 6 nitrogen and oxygen atoms in total. The summed E-state index contributed by atoms with van der Waals surface area (Å²) in [4.78, 5) is 38.3. The third-order valence-corrected chi connectivity index (χ3v) is 5.28. The van der Waals surface area contributed by atoms with Crippen LogP contribution in [-0.2, 0) is 14.3 Å². The average Bonchev–Trinajstić information content (AvgIpc) is 2.75. The number of rotatable bonds is 3. The quantitative estimate of drug-likeness (QED) is 0.760. The van der Waals surface area contributed by atoms with E-state index in [-0.39, 0.29) is 55.2 Å². The van der Waals surface area contributed by atoms with E-state index in [2.05, 4.69) is 0 Å². The molecule has 0 aromatic heterocycles. The molecular weight excluding hydrogens is 347 g/mol. The molecule has 0 aromatic carbocycles. The fraction of sp³-hybridized carbons (Fsp3) is 0.824. The van der Waals surface area contributed by atoms with Gasteiger partial charge in [-0.3, -0.25) is 9.59 Å². The SMILES string of the molecule is CC(=O)SC1CC(=O)N(CC2(F)CCN(C(=O)OC(C)(C)C)CC2)C1. The van der Waals surface area contributed by atoms with E-state index in [1.165, 1.54) is 16.7 Å². The van der Waals surface area contributed by atoms with Gasteiger partial charge in [0.1, 0.15) is 11.3 Å². The Labute approximate surface area is 152 Å². The Morgan fingerprint density at radius 3 is 2.44 bits per heavy atom. The Bertz CT molecular complexity index is 541. The highest BCUT2D eigenvalue weighted by Crippen LogP contribution is 2.32. The summed E-state index contributed by atoms with van der Waals surface area (Å²) >= 11 is 1.15. The van der Waals surface area contributed by atoms with Crippen LogP contribution in [0.5, 0.6) is 0 Å². The molecule has 142 valence electrons. The number of carbonyl (C=O) groups excluding carboxylic acids is 3. The van der Waals surface area contributed by atoms with Crippen LogP contribution in [0.1, 0.15) is 47.0 Å². The first-order valence-corrected chi connectivity index (χ1v) is 9.47. The number of ether oxygens (including phenoxy) is 1. The zero-order chi connectivity index (χ0) is 18.8. The lowest BCUT2D eigenvalue weighted by molar-refractivity contribution is -0.130. The lowest BCUT2D eigenvalue weighted by Crippen LogP contribution is -2.51. The number of amides is 2. The molecule has 0 N–H and O–H groups in total. The van der Waals surface area contributed by atoms with Crippen LogP contribution in [0, 0.1) is 0 Å². The van der Waals surface area contributed by atoms with Gasteiger partial charge in [0.2, 0.25) is 5.91 Å². The van der Waals surface area contributed by atoms with Crippen LogP contribution in [0.2, 0.25) is 0 Å². The first kappa shape index (κ1) is 20.0. The molecule has 8 heteroatoms. The van der Waals surface area contributed by atoms with Crippen LogP contribution >= 0.6 is 11.8 Å². The van der Waals surface area contributed by atoms with Gasteiger partial charge in [-0.15, -0.1) is 0 Å². The Balaban J connectivity index is 1.85. The number of hydrogen-bond acceptors (Lipinski definition) is 5. The molecule has 0 radical (unpaired) electrons. The van der Waals surface area contributed by atoms with Gasteiger partial charge in [-0.05, 0) is 20.8 Å². The van der Waals surface area contributed by atoms with E-state index in [0.717, 1.165) is 11.8 Å². The number of hydrogen-bond donors (Lipinski definition) is 0. The molecule has 2 fully saturated rings. The first-order chi connectivity index (χ1) is 11.5. The number of nitrogens with zero attached hydrogens (tertiary/aromatic N) is 2. The highest BCUT2D eigenvalue weighted by atomic mass is 32.2. The maximum absolute atomic E-state index is 15.1. The van der Waals surface area contributed by atoms with Crippen molar-refractivity contribution in [3.8, 4) is 0 Å². The molecular formula is C17H27FN2O4S. The minimum absolute atomic E-state index is 0.0275. The molecule has 0 saturated carbocycles. The Morgan fingerprint density at radius 2 is 1.92 bits per heavy atom. The van der Waals surface area contributed by atoms with Crippen molar-refractivity contribution in [2.75, 3.05) is 26.2 Å². The van der Waals surface area contributed by atoms with Crippen LogP contribution in [0.3, 0.4) is 0 Å². The molecule has 0 bridgehead atoms. The van der Waals surface area contributed by atoms with Crippen LogP contribution < -0.4 is 0 Å². The Kier molecular flexibility index (Phi) is 6.01. The van der Waals surface area contributed by atoms with Crippen LogP contribution in [-0.4, -0.2) is 69.6 Å². The maximum Gasteiger partial charge on any atom is 0.410 e. The van der Waals surface area contributed by atoms with Gasteiger partial charge >= 0.3 is 6.09 Å². The summed E-state index contributed by atoms with van der Waals surface area (Å²) in [6, 6.07) is 0. The van der Waals surface area contributed by atoms with Gasteiger partial charge in [0.15, 0.2) is 5.12 Å². The molecule has 1 atom stereocenters. The third-order valence-electron chi connectivity index (χ3n) is 4.30. The van der Waals surface area contributed by atoms with Gasteiger partial charge in [-0.1, -0.05) is 11.8 Å². The topological polar surface area (TPSA) is 66.9 Å². The van der Waals surface area contributed by atoms with Crippen LogP contribution in [0.25, 0.3) is 0 Å². The summed E-state index contributed by atoms with van der Waals surface area (Å²) < 4.78 is 20.4. The maximum atomic E-state index is 15.1. The molecule has 2 aliphatic heterocycles.